The summed E-state index contributed by atoms with van der Waals surface area (Å²) in [6.07, 6.45) is 3.57. The Labute approximate surface area is 165 Å². The molecule has 0 bridgehead atoms. The number of aryl methyl sites for hydroxylation is 3. The quantitative estimate of drug-likeness (QED) is 0.777. The summed E-state index contributed by atoms with van der Waals surface area (Å²) in [6, 6.07) is 0. The number of carbonyl (C=O) groups excluding carboxylic acids is 1. The molecular weight excluding hydrogens is 364 g/mol. The summed E-state index contributed by atoms with van der Waals surface area (Å²) in [7, 11) is 0. The Morgan fingerprint density at radius 1 is 1.37 bits per heavy atom. The van der Waals surface area contributed by atoms with Gasteiger partial charge in [-0.15, -0.1) is 0 Å². The van der Waals surface area contributed by atoms with Gasteiger partial charge in [-0.2, -0.15) is 5.10 Å². The molecule has 0 saturated heterocycles. The standard InChI is InChI=1S/C20H29ClN4O2/c1-12-17(21)13(2)25(23-12)10-6-9-22-19(26)18-15-11-14(20(3,4)5)7-8-16(15)27-24-18/h14H,6-11H2,1-5H3,(H,22,26). The van der Waals surface area contributed by atoms with Gasteiger partial charge in [0.05, 0.1) is 16.4 Å². The second kappa shape index (κ2) is 7.66. The summed E-state index contributed by atoms with van der Waals surface area (Å²) in [5.41, 5.74) is 3.45. The van der Waals surface area contributed by atoms with Crippen molar-refractivity contribution >= 4 is 17.5 Å². The topological polar surface area (TPSA) is 73.0 Å². The van der Waals surface area contributed by atoms with Crippen LogP contribution in [0.2, 0.25) is 5.02 Å². The Bertz CT molecular complexity index is 832. The van der Waals surface area contributed by atoms with E-state index in [0.717, 1.165) is 48.4 Å². The molecule has 1 atom stereocenters. The van der Waals surface area contributed by atoms with Crippen LogP contribution in [-0.2, 0) is 19.4 Å². The van der Waals surface area contributed by atoms with Crippen molar-refractivity contribution in [2.45, 2.75) is 66.8 Å². The van der Waals surface area contributed by atoms with E-state index in [-0.39, 0.29) is 11.3 Å². The van der Waals surface area contributed by atoms with Gasteiger partial charge < -0.3 is 9.84 Å². The van der Waals surface area contributed by atoms with Crippen molar-refractivity contribution in [1.82, 2.24) is 20.3 Å². The molecule has 0 saturated carbocycles. The minimum absolute atomic E-state index is 0.152. The molecule has 0 radical (unpaired) electrons. The molecule has 7 heteroatoms. The van der Waals surface area contributed by atoms with Crippen molar-refractivity contribution in [2.24, 2.45) is 11.3 Å². The zero-order valence-electron chi connectivity index (χ0n) is 16.9. The highest BCUT2D eigenvalue weighted by molar-refractivity contribution is 6.31. The zero-order valence-corrected chi connectivity index (χ0v) is 17.6. The van der Waals surface area contributed by atoms with Gasteiger partial charge in [0.25, 0.3) is 5.91 Å². The molecule has 2 heterocycles. The van der Waals surface area contributed by atoms with Gasteiger partial charge in [0.1, 0.15) is 5.76 Å². The normalized spacial score (nSPS) is 17.0. The van der Waals surface area contributed by atoms with Crippen molar-refractivity contribution in [3.8, 4) is 0 Å². The SMILES string of the molecule is Cc1nn(CCCNC(=O)c2noc3c2CC(C(C)(C)C)CC3)c(C)c1Cl. The molecule has 2 aromatic heterocycles. The first-order valence-electron chi connectivity index (χ1n) is 9.63. The number of carbonyl (C=O) groups is 1. The maximum Gasteiger partial charge on any atom is 0.273 e. The van der Waals surface area contributed by atoms with E-state index in [9.17, 15) is 4.79 Å². The van der Waals surface area contributed by atoms with E-state index in [4.69, 9.17) is 16.1 Å². The molecule has 0 fully saturated rings. The summed E-state index contributed by atoms with van der Waals surface area (Å²) in [6.45, 7) is 11.9. The molecule has 0 aromatic carbocycles. The fourth-order valence-corrected chi connectivity index (χ4v) is 3.86. The Morgan fingerprint density at radius 3 is 2.74 bits per heavy atom. The van der Waals surface area contributed by atoms with Crippen LogP contribution in [0.15, 0.2) is 4.52 Å². The smallest absolute Gasteiger partial charge is 0.273 e. The second-order valence-corrected chi connectivity index (χ2v) is 8.93. The van der Waals surface area contributed by atoms with Gasteiger partial charge in [0.2, 0.25) is 0 Å². The Kier molecular flexibility index (Phi) is 5.65. The molecular formula is C20H29ClN4O2. The number of amides is 1. The Hall–Kier alpha value is -1.82. The van der Waals surface area contributed by atoms with Crippen LogP contribution >= 0.6 is 11.6 Å². The molecule has 6 nitrogen and oxygen atoms in total. The number of fused-ring (bicyclic) bond motifs is 1. The summed E-state index contributed by atoms with van der Waals surface area (Å²) >= 11 is 6.17. The minimum atomic E-state index is -0.152. The lowest BCUT2D eigenvalue weighted by Crippen LogP contribution is -2.30. The molecule has 148 valence electrons. The third-order valence-electron chi connectivity index (χ3n) is 5.61. The van der Waals surface area contributed by atoms with Gasteiger partial charge >= 0.3 is 0 Å². The first-order chi connectivity index (χ1) is 12.7. The van der Waals surface area contributed by atoms with E-state index in [0.29, 0.717) is 29.7 Å². The van der Waals surface area contributed by atoms with Crippen LogP contribution in [-0.4, -0.2) is 27.4 Å². The van der Waals surface area contributed by atoms with Crippen molar-refractivity contribution in [3.63, 3.8) is 0 Å². The Morgan fingerprint density at radius 2 is 2.11 bits per heavy atom. The van der Waals surface area contributed by atoms with E-state index in [1.807, 2.05) is 18.5 Å². The van der Waals surface area contributed by atoms with Gasteiger partial charge in [-0.05, 0) is 44.4 Å². The van der Waals surface area contributed by atoms with Crippen LogP contribution in [0.25, 0.3) is 0 Å². The number of aromatic nitrogens is 3. The van der Waals surface area contributed by atoms with E-state index in [2.05, 4.69) is 36.3 Å². The maximum atomic E-state index is 12.6. The summed E-state index contributed by atoms with van der Waals surface area (Å²) in [5, 5.41) is 12.1. The summed E-state index contributed by atoms with van der Waals surface area (Å²) in [5.74, 6) is 1.26. The molecule has 1 aliphatic carbocycles. The van der Waals surface area contributed by atoms with Crippen LogP contribution in [0.3, 0.4) is 0 Å². The second-order valence-electron chi connectivity index (χ2n) is 8.56. The van der Waals surface area contributed by atoms with Crippen LogP contribution in [0, 0.1) is 25.2 Å². The number of hydrogen-bond acceptors (Lipinski definition) is 4. The number of rotatable bonds is 5. The van der Waals surface area contributed by atoms with Crippen LogP contribution < -0.4 is 5.32 Å². The van der Waals surface area contributed by atoms with Crippen molar-refractivity contribution < 1.29 is 9.32 Å². The van der Waals surface area contributed by atoms with Gasteiger partial charge in [-0.25, -0.2) is 0 Å². The number of nitrogens with zero attached hydrogens (tertiary/aromatic N) is 3. The average Bonchev–Trinajstić information content (AvgIpc) is 3.14. The Balaban J connectivity index is 1.56. The number of halogens is 1. The first-order valence-corrected chi connectivity index (χ1v) is 10.0. The third kappa shape index (κ3) is 4.21. The lowest BCUT2D eigenvalue weighted by atomic mass is 9.71. The molecule has 1 unspecified atom stereocenters. The predicted molar refractivity (Wildman–Crippen MR) is 105 cm³/mol. The van der Waals surface area contributed by atoms with Crippen LogP contribution in [0.4, 0.5) is 0 Å². The molecule has 1 aliphatic rings. The molecule has 2 aromatic rings. The molecule has 1 N–H and O–H groups in total. The van der Waals surface area contributed by atoms with Crippen LogP contribution in [0.1, 0.15) is 66.8 Å². The highest BCUT2D eigenvalue weighted by Gasteiger charge is 2.34. The van der Waals surface area contributed by atoms with Gasteiger partial charge in [0, 0.05) is 25.1 Å². The molecule has 0 spiro atoms. The van der Waals surface area contributed by atoms with Crippen molar-refractivity contribution in [3.05, 3.63) is 33.4 Å². The molecule has 3 rings (SSSR count). The van der Waals surface area contributed by atoms with Gasteiger partial charge in [0.15, 0.2) is 5.69 Å². The fourth-order valence-electron chi connectivity index (χ4n) is 3.73. The lowest BCUT2D eigenvalue weighted by molar-refractivity contribution is 0.0942. The first kappa shape index (κ1) is 19.9. The van der Waals surface area contributed by atoms with Crippen molar-refractivity contribution in [2.75, 3.05) is 6.54 Å². The molecule has 1 amide bonds. The van der Waals surface area contributed by atoms with Gasteiger partial charge in [-0.3, -0.25) is 9.48 Å². The lowest BCUT2D eigenvalue weighted by Gasteiger charge is -2.33. The van der Waals surface area contributed by atoms with E-state index >= 15 is 0 Å². The zero-order chi connectivity index (χ0) is 19.8. The molecule has 0 aliphatic heterocycles. The monoisotopic (exact) mass is 392 g/mol. The highest BCUT2D eigenvalue weighted by Crippen LogP contribution is 2.38. The molecule has 27 heavy (non-hydrogen) atoms. The van der Waals surface area contributed by atoms with E-state index in [1.54, 1.807) is 0 Å². The maximum absolute atomic E-state index is 12.6. The van der Waals surface area contributed by atoms with E-state index < -0.39 is 0 Å². The number of hydrogen-bond donors (Lipinski definition) is 1. The fraction of sp³-hybridized carbons (Fsp3) is 0.650. The largest absolute Gasteiger partial charge is 0.360 e. The summed E-state index contributed by atoms with van der Waals surface area (Å²) in [4.78, 5) is 12.6. The van der Waals surface area contributed by atoms with Crippen LogP contribution in [0.5, 0.6) is 0 Å². The number of nitrogens with one attached hydrogen (secondary N) is 1. The minimum Gasteiger partial charge on any atom is -0.360 e. The summed E-state index contributed by atoms with van der Waals surface area (Å²) < 4.78 is 7.32. The van der Waals surface area contributed by atoms with Crippen molar-refractivity contribution in [1.29, 1.82) is 0 Å². The predicted octanol–water partition coefficient (Wildman–Crippen LogP) is 4.11. The highest BCUT2D eigenvalue weighted by atomic mass is 35.5. The van der Waals surface area contributed by atoms with E-state index in [1.165, 1.54) is 0 Å². The average molecular weight is 393 g/mol. The third-order valence-corrected chi connectivity index (χ3v) is 6.15. The van der Waals surface area contributed by atoms with Gasteiger partial charge in [-0.1, -0.05) is 37.5 Å².